The van der Waals surface area contributed by atoms with E-state index in [0.717, 1.165) is 33.7 Å². The molecule has 4 rings (SSSR count). The number of methoxy groups -OCH3 is 1. The summed E-state index contributed by atoms with van der Waals surface area (Å²) < 4.78 is 5.44. The van der Waals surface area contributed by atoms with E-state index in [9.17, 15) is 0 Å². The molecule has 0 bridgehead atoms. The Balaban J connectivity index is 1.97. The molecule has 0 amide bonds. The van der Waals surface area contributed by atoms with Crippen LogP contribution in [-0.2, 0) is 0 Å². The van der Waals surface area contributed by atoms with Gasteiger partial charge >= 0.3 is 0 Å². The van der Waals surface area contributed by atoms with Gasteiger partial charge in [-0.05, 0) is 31.0 Å². The fraction of sp³-hybridized carbons (Fsp3) is 0.250. The molecule has 0 radical (unpaired) electrons. The SMILES string of the molecule is COc1ccc(-c2cccnc2)c2nc(C3CC3)[nH]c12. The highest BCUT2D eigenvalue weighted by molar-refractivity contribution is 5.95. The molecule has 100 valence electrons. The number of hydrogen-bond acceptors (Lipinski definition) is 3. The van der Waals surface area contributed by atoms with E-state index in [0.29, 0.717) is 5.92 Å². The zero-order chi connectivity index (χ0) is 13.5. The molecule has 1 aromatic carbocycles. The highest BCUT2D eigenvalue weighted by Crippen LogP contribution is 2.41. The van der Waals surface area contributed by atoms with Crippen molar-refractivity contribution in [2.75, 3.05) is 7.11 Å². The molecule has 1 saturated carbocycles. The van der Waals surface area contributed by atoms with Gasteiger partial charge in [0, 0.05) is 29.4 Å². The van der Waals surface area contributed by atoms with Crippen molar-refractivity contribution in [3.63, 3.8) is 0 Å². The van der Waals surface area contributed by atoms with Crippen LogP contribution in [0.25, 0.3) is 22.2 Å². The first-order valence-corrected chi connectivity index (χ1v) is 6.84. The standard InChI is InChI=1S/C16H15N3O/c1-20-13-7-6-12(11-3-2-8-17-9-11)14-15(13)19-16(18-14)10-4-5-10/h2-3,6-10H,4-5H2,1H3,(H,18,19). The number of rotatable bonds is 3. The first-order chi connectivity index (χ1) is 9.86. The van der Waals surface area contributed by atoms with E-state index in [-0.39, 0.29) is 0 Å². The molecular formula is C16H15N3O. The molecule has 4 nitrogen and oxygen atoms in total. The number of hydrogen-bond donors (Lipinski definition) is 1. The predicted octanol–water partition coefficient (Wildman–Crippen LogP) is 3.51. The number of ether oxygens (including phenoxy) is 1. The van der Waals surface area contributed by atoms with Crippen molar-refractivity contribution >= 4 is 11.0 Å². The van der Waals surface area contributed by atoms with Crippen molar-refractivity contribution in [2.24, 2.45) is 0 Å². The zero-order valence-electron chi connectivity index (χ0n) is 11.3. The summed E-state index contributed by atoms with van der Waals surface area (Å²) in [6.07, 6.45) is 6.10. The van der Waals surface area contributed by atoms with E-state index < -0.39 is 0 Å². The van der Waals surface area contributed by atoms with Gasteiger partial charge < -0.3 is 9.72 Å². The van der Waals surface area contributed by atoms with Crippen LogP contribution < -0.4 is 4.74 Å². The smallest absolute Gasteiger partial charge is 0.144 e. The minimum absolute atomic E-state index is 0.592. The Labute approximate surface area is 116 Å². The number of aromatic amines is 1. The Morgan fingerprint density at radius 2 is 2.15 bits per heavy atom. The molecule has 1 aliphatic rings. The number of nitrogens with one attached hydrogen (secondary N) is 1. The van der Waals surface area contributed by atoms with Gasteiger partial charge in [-0.1, -0.05) is 6.07 Å². The summed E-state index contributed by atoms with van der Waals surface area (Å²) in [5, 5.41) is 0. The van der Waals surface area contributed by atoms with E-state index >= 15 is 0 Å². The number of imidazole rings is 1. The minimum atomic E-state index is 0.592. The van der Waals surface area contributed by atoms with Crippen molar-refractivity contribution in [2.45, 2.75) is 18.8 Å². The molecule has 1 N–H and O–H groups in total. The lowest BCUT2D eigenvalue weighted by molar-refractivity contribution is 0.419. The number of aromatic nitrogens is 3. The molecule has 2 aromatic heterocycles. The van der Waals surface area contributed by atoms with Crippen LogP contribution in [0.5, 0.6) is 5.75 Å². The van der Waals surface area contributed by atoms with E-state index in [1.54, 1.807) is 13.3 Å². The molecule has 3 aromatic rings. The van der Waals surface area contributed by atoms with Crippen LogP contribution in [0.3, 0.4) is 0 Å². The predicted molar refractivity (Wildman–Crippen MR) is 77.9 cm³/mol. The summed E-state index contributed by atoms with van der Waals surface area (Å²) in [6.45, 7) is 0. The first kappa shape index (κ1) is 11.5. The van der Waals surface area contributed by atoms with Gasteiger partial charge in [-0.3, -0.25) is 4.98 Å². The monoisotopic (exact) mass is 265 g/mol. The Bertz CT molecular complexity index is 760. The van der Waals surface area contributed by atoms with Crippen molar-refractivity contribution in [3.05, 3.63) is 42.5 Å². The average molecular weight is 265 g/mol. The third-order valence-corrected chi connectivity index (χ3v) is 3.78. The summed E-state index contributed by atoms with van der Waals surface area (Å²) >= 11 is 0. The third kappa shape index (κ3) is 1.76. The van der Waals surface area contributed by atoms with Gasteiger partial charge in [-0.15, -0.1) is 0 Å². The van der Waals surface area contributed by atoms with Crippen LogP contribution in [0.1, 0.15) is 24.6 Å². The van der Waals surface area contributed by atoms with Crippen molar-refractivity contribution < 1.29 is 4.74 Å². The highest BCUT2D eigenvalue weighted by atomic mass is 16.5. The molecule has 4 heteroatoms. The number of H-pyrrole nitrogens is 1. The molecule has 20 heavy (non-hydrogen) atoms. The maximum Gasteiger partial charge on any atom is 0.144 e. The minimum Gasteiger partial charge on any atom is -0.494 e. The van der Waals surface area contributed by atoms with Gasteiger partial charge in [0.1, 0.15) is 22.6 Å². The third-order valence-electron chi connectivity index (χ3n) is 3.78. The molecule has 1 fully saturated rings. The lowest BCUT2D eigenvalue weighted by atomic mass is 10.1. The zero-order valence-corrected chi connectivity index (χ0v) is 11.3. The van der Waals surface area contributed by atoms with Gasteiger partial charge in [0.2, 0.25) is 0 Å². The van der Waals surface area contributed by atoms with Gasteiger partial charge in [0.05, 0.1) is 7.11 Å². The number of benzene rings is 1. The quantitative estimate of drug-likeness (QED) is 0.788. The molecule has 0 atom stereocenters. The Hall–Kier alpha value is -2.36. The van der Waals surface area contributed by atoms with Crippen LogP contribution >= 0.6 is 0 Å². The lowest BCUT2D eigenvalue weighted by Crippen LogP contribution is -1.87. The molecule has 0 aliphatic heterocycles. The number of pyridine rings is 1. The second-order valence-electron chi connectivity index (χ2n) is 5.18. The summed E-state index contributed by atoms with van der Waals surface area (Å²) in [6, 6.07) is 8.04. The maximum atomic E-state index is 5.44. The van der Waals surface area contributed by atoms with Crippen LogP contribution in [0.2, 0.25) is 0 Å². The normalized spacial score (nSPS) is 14.7. The van der Waals surface area contributed by atoms with E-state index in [2.05, 4.69) is 22.1 Å². The van der Waals surface area contributed by atoms with Crippen LogP contribution in [0.4, 0.5) is 0 Å². The van der Waals surface area contributed by atoms with Crippen molar-refractivity contribution in [3.8, 4) is 16.9 Å². The van der Waals surface area contributed by atoms with E-state index in [1.165, 1.54) is 12.8 Å². The Morgan fingerprint density at radius 3 is 2.85 bits per heavy atom. The van der Waals surface area contributed by atoms with Crippen molar-refractivity contribution in [1.29, 1.82) is 0 Å². The van der Waals surface area contributed by atoms with E-state index in [4.69, 9.17) is 9.72 Å². The second-order valence-corrected chi connectivity index (χ2v) is 5.18. The molecule has 1 aliphatic carbocycles. The summed E-state index contributed by atoms with van der Waals surface area (Å²) in [4.78, 5) is 12.4. The summed E-state index contributed by atoms with van der Waals surface area (Å²) in [5.41, 5.74) is 4.13. The molecular weight excluding hydrogens is 250 g/mol. The Morgan fingerprint density at radius 1 is 1.25 bits per heavy atom. The molecule has 2 heterocycles. The maximum absolute atomic E-state index is 5.44. The molecule has 0 spiro atoms. The topological polar surface area (TPSA) is 50.8 Å². The van der Waals surface area contributed by atoms with Gasteiger partial charge in [0.15, 0.2) is 0 Å². The fourth-order valence-corrected chi connectivity index (χ4v) is 2.56. The Kier molecular flexibility index (Phi) is 2.49. The number of fused-ring (bicyclic) bond motifs is 1. The van der Waals surface area contributed by atoms with Gasteiger partial charge in [-0.2, -0.15) is 0 Å². The largest absolute Gasteiger partial charge is 0.494 e. The second kappa shape index (κ2) is 4.34. The lowest BCUT2D eigenvalue weighted by Gasteiger charge is -2.05. The average Bonchev–Trinajstić information content (AvgIpc) is 3.26. The van der Waals surface area contributed by atoms with Gasteiger partial charge in [0.25, 0.3) is 0 Å². The number of nitrogens with zero attached hydrogens (tertiary/aromatic N) is 2. The molecule has 0 unspecified atom stereocenters. The fourth-order valence-electron chi connectivity index (χ4n) is 2.56. The van der Waals surface area contributed by atoms with Crippen LogP contribution in [-0.4, -0.2) is 22.1 Å². The first-order valence-electron chi connectivity index (χ1n) is 6.84. The van der Waals surface area contributed by atoms with Gasteiger partial charge in [-0.25, -0.2) is 4.98 Å². The van der Waals surface area contributed by atoms with Crippen LogP contribution in [0, 0.1) is 0 Å². The highest BCUT2D eigenvalue weighted by Gasteiger charge is 2.28. The summed E-state index contributed by atoms with van der Waals surface area (Å²) in [7, 11) is 1.69. The van der Waals surface area contributed by atoms with E-state index in [1.807, 2.05) is 18.3 Å². The molecule has 0 saturated heterocycles. The van der Waals surface area contributed by atoms with Crippen molar-refractivity contribution in [1.82, 2.24) is 15.0 Å². The summed E-state index contributed by atoms with van der Waals surface area (Å²) in [5.74, 6) is 2.51. The van der Waals surface area contributed by atoms with Crippen LogP contribution in [0.15, 0.2) is 36.7 Å².